The third kappa shape index (κ3) is 8.65. The molecule has 1 aromatic carbocycles. The summed E-state index contributed by atoms with van der Waals surface area (Å²) in [6.07, 6.45) is -0.806. The Kier molecular flexibility index (Phi) is 6.49. The lowest BCUT2D eigenvalue weighted by Gasteiger charge is -1.99. The highest BCUT2D eigenvalue weighted by Gasteiger charge is 2.01. The molecule has 0 aromatic heterocycles. The van der Waals surface area contributed by atoms with E-state index in [-0.39, 0.29) is 0 Å². The highest BCUT2D eigenvalue weighted by molar-refractivity contribution is 5.89. The van der Waals surface area contributed by atoms with Crippen molar-refractivity contribution >= 4 is 23.7 Å². The molecule has 98 valence electrons. The molecule has 18 heavy (non-hydrogen) atoms. The zero-order valence-electron chi connectivity index (χ0n) is 9.09. The van der Waals surface area contributed by atoms with E-state index in [1.165, 1.54) is 18.2 Å². The number of carbonyl (C=O) groups is 3. The van der Waals surface area contributed by atoms with Gasteiger partial charge in [-0.1, -0.05) is 6.07 Å². The van der Waals surface area contributed by atoms with E-state index >= 15 is 0 Å². The van der Waals surface area contributed by atoms with Crippen molar-refractivity contribution in [3.05, 3.63) is 30.1 Å². The zero-order valence-corrected chi connectivity index (χ0v) is 9.09. The highest BCUT2D eigenvalue weighted by Crippen LogP contribution is 2.07. The summed E-state index contributed by atoms with van der Waals surface area (Å²) in [5.41, 5.74) is 5.16. The van der Waals surface area contributed by atoms with E-state index in [1.54, 1.807) is 6.07 Å². The monoisotopic (exact) mass is 258 g/mol. The van der Waals surface area contributed by atoms with Crippen LogP contribution in [0.25, 0.3) is 0 Å². The molecule has 0 saturated heterocycles. The SMILES string of the molecule is NC(=O)Nc1cccc(F)c1.O=C(O)CC(=O)O. The van der Waals surface area contributed by atoms with Crippen molar-refractivity contribution < 1.29 is 29.0 Å². The molecule has 0 unspecified atom stereocenters. The Morgan fingerprint density at radius 3 is 2.11 bits per heavy atom. The molecule has 0 fully saturated rings. The zero-order chi connectivity index (χ0) is 14.1. The van der Waals surface area contributed by atoms with Gasteiger partial charge in [-0.15, -0.1) is 0 Å². The van der Waals surface area contributed by atoms with E-state index < -0.39 is 30.2 Å². The number of benzene rings is 1. The predicted molar refractivity (Wildman–Crippen MR) is 59.5 cm³/mol. The van der Waals surface area contributed by atoms with E-state index in [1.807, 2.05) is 0 Å². The largest absolute Gasteiger partial charge is 0.481 e. The second kappa shape index (κ2) is 7.60. The van der Waals surface area contributed by atoms with Crippen LogP contribution in [-0.2, 0) is 9.59 Å². The molecule has 8 heteroatoms. The van der Waals surface area contributed by atoms with Crippen LogP contribution in [0.2, 0.25) is 0 Å². The Morgan fingerprint density at radius 1 is 1.22 bits per heavy atom. The van der Waals surface area contributed by atoms with Crippen LogP contribution in [0.5, 0.6) is 0 Å². The van der Waals surface area contributed by atoms with Gasteiger partial charge in [0, 0.05) is 5.69 Å². The molecule has 1 rings (SSSR count). The summed E-state index contributed by atoms with van der Waals surface area (Å²) in [6, 6.07) is 4.81. The number of carboxylic acid groups (broad SMARTS) is 2. The maximum absolute atomic E-state index is 12.4. The van der Waals surface area contributed by atoms with Crippen molar-refractivity contribution in [2.45, 2.75) is 6.42 Å². The number of nitrogens with two attached hydrogens (primary N) is 1. The van der Waals surface area contributed by atoms with Gasteiger partial charge in [-0.3, -0.25) is 9.59 Å². The lowest BCUT2D eigenvalue weighted by atomic mass is 10.3. The normalized spacial score (nSPS) is 8.72. The fraction of sp³-hybridized carbons (Fsp3) is 0.100. The van der Waals surface area contributed by atoms with Crippen LogP contribution < -0.4 is 11.1 Å². The number of carboxylic acids is 2. The first-order valence-corrected chi connectivity index (χ1v) is 4.57. The molecule has 0 bridgehead atoms. The number of carbonyl (C=O) groups excluding carboxylic acids is 1. The van der Waals surface area contributed by atoms with E-state index in [9.17, 15) is 18.8 Å². The van der Waals surface area contributed by atoms with Gasteiger partial charge in [0.25, 0.3) is 0 Å². The van der Waals surface area contributed by atoms with Gasteiger partial charge in [-0.2, -0.15) is 0 Å². The number of halogens is 1. The molecule has 2 amide bonds. The molecule has 0 aliphatic heterocycles. The van der Waals surface area contributed by atoms with E-state index in [0.717, 1.165) is 0 Å². The second-order valence-corrected chi connectivity index (χ2v) is 2.96. The predicted octanol–water partition coefficient (Wildman–Crippen LogP) is 0.862. The number of rotatable bonds is 3. The smallest absolute Gasteiger partial charge is 0.316 e. The van der Waals surface area contributed by atoms with Gasteiger partial charge in [-0.25, -0.2) is 9.18 Å². The van der Waals surface area contributed by atoms with E-state index in [4.69, 9.17) is 15.9 Å². The molecule has 0 saturated carbocycles. The fourth-order valence-corrected chi connectivity index (χ4v) is 0.838. The highest BCUT2D eigenvalue weighted by atomic mass is 19.1. The van der Waals surface area contributed by atoms with Crippen LogP contribution in [0.3, 0.4) is 0 Å². The van der Waals surface area contributed by atoms with Crippen molar-refractivity contribution in [3.8, 4) is 0 Å². The van der Waals surface area contributed by atoms with Crippen molar-refractivity contribution in [2.24, 2.45) is 5.73 Å². The molecule has 0 atom stereocenters. The number of hydrogen-bond acceptors (Lipinski definition) is 3. The van der Waals surface area contributed by atoms with Crippen molar-refractivity contribution in [1.29, 1.82) is 0 Å². The van der Waals surface area contributed by atoms with Crippen molar-refractivity contribution in [2.75, 3.05) is 5.32 Å². The number of urea groups is 1. The van der Waals surface area contributed by atoms with Gasteiger partial charge in [-0.05, 0) is 18.2 Å². The molecule has 0 aliphatic rings. The van der Waals surface area contributed by atoms with Crippen LogP contribution in [0.4, 0.5) is 14.9 Å². The van der Waals surface area contributed by atoms with Crippen LogP contribution in [0, 0.1) is 5.82 Å². The van der Waals surface area contributed by atoms with E-state index in [2.05, 4.69) is 5.32 Å². The Hall–Kier alpha value is -2.64. The lowest BCUT2D eigenvalue weighted by molar-refractivity contribution is -0.147. The van der Waals surface area contributed by atoms with Gasteiger partial charge in [0.15, 0.2) is 0 Å². The van der Waals surface area contributed by atoms with Crippen LogP contribution in [-0.4, -0.2) is 28.2 Å². The minimum atomic E-state index is -1.31. The number of primary amides is 1. The summed E-state index contributed by atoms with van der Waals surface area (Å²) in [7, 11) is 0. The fourth-order valence-electron chi connectivity index (χ4n) is 0.838. The van der Waals surface area contributed by atoms with Gasteiger partial charge < -0.3 is 21.3 Å². The Labute approximate surface area is 101 Å². The minimum absolute atomic E-state index is 0.359. The molecule has 1 aromatic rings. The van der Waals surface area contributed by atoms with Gasteiger partial charge >= 0.3 is 18.0 Å². The van der Waals surface area contributed by atoms with Crippen LogP contribution in [0.1, 0.15) is 6.42 Å². The van der Waals surface area contributed by atoms with Crippen molar-refractivity contribution in [3.63, 3.8) is 0 Å². The Balaban J connectivity index is 0.000000360. The minimum Gasteiger partial charge on any atom is -0.481 e. The number of nitrogens with one attached hydrogen (secondary N) is 1. The second-order valence-electron chi connectivity index (χ2n) is 2.96. The molecule has 0 spiro atoms. The Bertz CT molecular complexity index is 438. The maximum atomic E-state index is 12.4. The third-order valence-electron chi connectivity index (χ3n) is 1.39. The van der Waals surface area contributed by atoms with Crippen LogP contribution in [0.15, 0.2) is 24.3 Å². The van der Waals surface area contributed by atoms with Gasteiger partial charge in [0.1, 0.15) is 12.2 Å². The average molecular weight is 258 g/mol. The topological polar surface area (TPSA) is 130 Å². The summed E-state index contributed by atoms with van der Waals surface area (Å²) < 4.78 is 12.4. The third-order valence-corrected chi connectivity index (χ3v) is 1.39. The summed E-state index contributed by atoms with van der Waals surface area (Å²) in [4.78, 5) is 29.1. The summed E-state index contributed by atoms with van der Waals surface area (Å²) in [5, 5.41) is 17.7. The number of anilines is 1. The molecule has 7 nitrogen and oxygen atoms in total. The van der Waals surface area contributed by atoms with Crippen molar-refractivity contribution in [1.82, 2.24) is 0 Å². The quantitative estimate of drug-likeness (QED) is 0.597. The first-order chi connectivity index (χ1) is 8.31. The van der Waals surface area contributed by atoms with Crippen LogP contribution >= 0.6 is 0 Å². The molecule has 0 heterocycles. The van der Waals surface area contributed by atoms with E-state index in [0.29, 0.717) is 5.69 Å². The number of aliphatic carboxylic acids is 2. The first kappa shape index (κ1) is 15.4. The Morgan fingerprint density at radius 2 is 1.78 bits per heavy atom. The average Bonchev–Trinajstić information content (AvgIpc) is 2.14. The first-order valence-electron chi connectivity index (χ1n) is 4.57. The standard InChI is InChI=1S/C7H7FN2O.C3H4O4/c8-5-2-1-3-6(4-5)10-7(9)11;4-2(5)1-3(6)7/h1-4H,(H3,9,10,11);1H2,(H,4,5)(H,6,7). The molecular formula is C10H11FN2O5. The lowest BCUT2D eigenvalue weighted by Crippen LogP contribution is -2.19. The number of hydrogen-bond donors (Lipinski definition) is 4. The van der Waals surface area contributed by atoms with Gasteiger partial charge in [0.2, 0.25) is 0 Å². The molecule has 5 N–H and O–H groups in total. The summed E-state index contributed by atoms with van der Waals surface area (Å²) in [5.74, 6) is -3.03. The maximum Gasteiger partial charge on any atom is 0.316 e. The molecule has 0 radical (unpaired) electrons. The van der Waals surface area contributed by atoms with Gasteiger partial charge in [0.05, 0.1) is 0 Å². The molecule has 0 aliphatic carbocycles. The summed E-state index contributed by atoms with van der Waals surface area (Å²) >= 11 is 0. The molecular weight excluding hydrogens is 247 g/mol. The summed E-state index contributed by atoms with van der Waals surface area (Å²) in [6.45, 7) is 0. The number of amides is 2.